The van der Waals surface area contributed by atoms with E-state index in [1.165, 1.54) is 18.6 Å². The first-order valence-corrected chi connectivity index (χ1v) is 7.82. The second kappa shape index (κ2) is 10.8. The molecule has 0 aliphatic carbocycles. The SMILES string of the molecule is Cc1cncc(C)n1.Cc1cncc(Cl)n1.Clc1cncc(Cl)n1. The molecule has 0 fully saturated rings. The van der Waals surface area contributed by atoms with Gasteiger partial charge in [0.1, 0.15) is 15.5 Å². The highest BCUT2D eigenvalue weighted by Gasteiger charge is 1.88. The van der Waals surface area contributed by atoms with Gasteiger partial charge in [0.25, 0.3) is 0 Å². The van der Waals surface area contributed by atoms with Gasteiger partial charge < -0.3 is 0 Å². The minimum atomic E-state index is 0.317. The summed E-state index contributed by atoms with van der Waals surface area (Å²) in [6.07, 6.45) is 9.50. The molecule has 3 rings (SSSR count). The molecule has 0 aliphatic rings. The molecule has 6 nitrogen and oxygen atoms in total. The Morgan fingerprint density at radius 2 is 0.833 bits per heavy atom. The molecule has 3 heterocycles. The van der Waals surface area contributed by atoms with Crippen LogP contribution in [0.4, 0.5) is 0 Å². The number of rotatable bonds is 0. The molecule has 0 N–H and O–H groups in total. The lowest BCUT2D eigenvalue weighted by Gasteiger charge is -1.89. The fourth-order valence-electron chi connectivity index (χ4n) is 1.34. The van der Waals surface area contributed by atoms with Crippen molar-refractivity contribution in [3.63, 3.8) is 0 Å². The topological polar surface area (TPSA) is 77.3 Å². The lowest BCUT2D eigenvalue weighted by molar-refractivity contribution is 1.05. The molecule has 0 aliphatic heterocycles. The van der Waals surface area contributed by atoms with E-state index in [0.717, 1.165) is 17.1 Å². The Balaban J connectivity index is 0.000000180. The van der Waals surface area contributed by atoms with Gasteiger partial charge in [-0.25, -0.2) is 9.97 Å². The van der Waals surface area contributed by atoms with E-state index in [4.69, 9.17) is 34.8 Å². The van der Waals surface area contributed by atoms with Gasteiger partial charge >= 0.3 is 0 Å². The zero-order chi connectivity index (χ0) is 17.9. The maximum Gasteiger partial charge on any atom is 0.149 e. The Hall–Kier alpha value is -1.89. The molecular formula is C15H15Cl3N6. The van der Waals surface area contributed by atoms with E-state index in [1.54, 1.807) is 18.6 Å². The first-order chi connectivity index (χ1) is 11.4. The summed E-state index contributed by atoms with van der Waals surface area (Å²) in [5, 5.41) is 1.08. The van der Waals surface area contributed by atoms with Crippen LogP contribution < -0.4 is 0 Å². The lowest BCUT2D eigenvalue weighted by Crippen LogP contribution is -1.85. The minimum Gasteiger partial charge on any atom is -0.261 e. The summed E-state index contributed by atoms with van der Waals surface area (Å²) >= 11 is 16.2. The molecule has 126 valence electrons. The lowest BCUT2D eigenvalue weighted by atomic mass is 10.4. The molecule has 9 heteroatoms. The van der Waals surface area contributed by atoms with Crippen LogP contribution in [0.15, 0.2) is 37.2 Å². The molecular weight excluding hydrogens is 371 g/mol. The third kappa shape index (κ3) is 9.29. The third-order valence-electron chi connectivity index (χ3n) is 2.18. The van der Waals surface area contributed by atoms with Crippen LogP contribution in [0.25, 0.3) is 0 Å². The molecule has 24 heavy (non-hydrogen) atoms. The van der Waals surface area contributed by atoms with Crippen molar-refractivity contribution in [2.45, 2.75) is 20.8 Å². The first kappa shape index (κ1) is 20.2. The van der Waals surface area contributed by atoms with Gasteiger partial charge in [-0.3, -0.25) is 19.9 Å². The second-order valence-corrected chi connectivity index (χ2v) is 5.61. The van der Waals surface area contributed by atoms with Crippen LogP contribution in [0.3, 0.4) is 0 Å². The van der Waals surface area contributed by atoms with Crippen LogP contribution in [0.5, 0.6) is 0 Å². The van der Waals surface area contributed by atoms with E-state index >= 15 is 0 Å². The summed E-state index contributed by atoms with van der Waals surface area (Å²) in [5.74, 6) is 0. The molecule has 3 aromatic heterocycles. The van der Waals surface area contributed by atoms with Crippen LogP contribution in [0.1, 0.15) is 17.1 Å². The Labute approximate surface area is 155 Å². The van der Waals surface area contributed by atoms with Gasteiger partial charge in [-0.15, -0.1) is 0 Å². The second-order valence-electron chi connectivity index (χ2n) is 4.45. The van der Waals surface area contributed by atoms with Crippen LogP contribution in [0.2, 0.25) is 15.5 Å². The Morgan fingerprint density at radius 1 is 0.500 bits per heavy atom. The Bertz CT molecular complexity index is 614. The summed E-state index contributed by atoms with van der Waals surface area (Å²) in [5.41, 5.74) is 2.80. The summed E-state index contributed by atoms with van der Waals surface area (Å²) < 4.78 is 0. The molecule has 0 bridgehead atoms. The van der Waals surface area contributed by atoms with E-state index < -0.39 is 0 Å². The maximum absolute atomic E-state index is 5.47. The normalized spacial score (nSPS) is 9.25. The molecule has 3 aromatic rings. The molecule has 0 saturated carbocycles. The van der Waals surface area contributed by atoms with Crippen LogP contribution in [-0.4, -0.2) is 29.9 Å². The number of halogens is 3. The number of hydrogen-bond acceptors (Lipinski definition) is 6. The molecule has 0 amide bonds. The largest absolute Gasteiger partial charge is 0.261 e. The monoisotopic (exact) mass is 384 g/mol. The highest BCUT2D eigenvalue weighted by Crippen LogP contribution is 2.05. The van der Waals surface area contributed by atoms with E-state index in [2.05, 4.69) is 29.9 Å². The van der Waals surface area contributed by atoms with Gasteiger partial charge in [0.05, 0.1) is 35.7 Å². The van der Waals surface area contributed by atoms with Crippen molar-refractivity contribution < 1.29 is 0 Å². The predicted molar refractivity (Wildman–Crippen MR) is 95.3 cm³/mol. The zero-order valence-corrected chi connectivity index (χ0v) is 15.5. The van der Waals surface area contributed by atoms with Gasteiger partial charge in [0, 0.05) is 18.6 Å². The van der Waals surface area contributed by atoms with Crippen molar-refractivity contribution in [2.24, 2.45) is 0 Å². The quantitative estimate of drug-likeness (QED) is 0.573. The zero-order valence-electron chi connectivity index (χ0n) is 13.3. The number of hydrogen-bond donors (Lipinski definition) is 0. The van der Waals surface area contributed by atoms with Gasteiger partial charge in [-0.05, 0) is 20.8 Å². The first-order valence-electron chi connectivity index (χ1n) is 6.69. The van der Waals surface area contributed by atoms with Crippen molar-refractivity contribution in [1.29, 1.82) is 0 Å². The number of aryl methyl sites for hydroxylation is 3. The third-order valence-corrected chi connectivity index (χ3v) is 2.72. The average Bonchev–Trinajstić information content (AvgIpc) is 2.47. The summed E-state index contributed by atoms with van der Waals surface area (Å²) in [7, 11) is 0. The minimum absolute atomic E-state index is 0.317. The molecule has 0 unspecified atom stereocenters. The smallest absolute Gasteiger partial charge is 0.149 e. The highest BCUT2D eigenvalue weighted by atomic mass is 35.5. The fourth-order valence-corrected chi connectivity index (χ4v) is 1.87. The molecule has 0 aromatic carbocycles. The van der Waals surface area contributed by atoms with Gasteiger partial charge in [-0.1, -0.05) is 34.8 Å². The standard InChI is InChI=1S/C6H8N2.C5H5ClN2.C4H2Cl2N2/c1-5-3-7-4-6(2)8-5;1-4-2-7-3-5(6)8-4;5-3-1-7-2-4(6)8-3/h3-4H,1-2H3;2-3H,1H3;1-2H. The average molecular weight is 386 g/mol. The predicted octanol–water partition coefficient (Wildman–Crippen LogP) is 4.32. The number of nitrogens with zero attached hydrogens (tertiary/aromatic N) is 6. The highest BCUT2D eigenvalue weighted by molar-refractivity contribution is 6.32. The Morgan fingerprint density at radius 3 is 1.04 bits per heavy atom. The Kier molecular flexibility index (Phi) is 9.07. The van der Waals surface area contributed by atoms with E-state index in [1.807, 2.05) is 20.8 Å². The van der Waals surface area contributed by atoms with Crippen LogP contribution in [-0.2, 0) is 0 Å². The van der Waals surface area contributed by atoms with Crippen molar-refractivity contribution in [3.05, 3.63) is 69.7 Å². The van der Waals surface area contributed by atoms with Gasteiger partial charge in [0.2, 0.25) is 0 Å². The van der Waals surface area contributed by atoms with Crippen molar-refractivity contribution in [2.75, 3.05) is 0 Å². The van der Waals surface area contributed by atoms with E-state index in [9.17, 15) is 0 Å². The molecule has 0 saturated heterocycles. The van der Waals surface area contributed by atoms with Gasteiger partial charge in [0.15, 0.2) is 0 Å². The van der Waals surface area contributed by atoms with E-state index in [-0.39, 0.29) is 0 Å². The molecule has 0 spiro atoms. The van der Waals surface area contributed by atoms with Crippen molar-refractivity contribution in [3.8, 4) is 0 Å². The van der Waals surface area contributed by atoms with Gasteiger partial charge in [-0.2, -0.15) is 0 Å². The summed E-state index contributed by atoms with van der Waals surface area (Å²) in [6.45, 7) is 5.71. The van der Waals surface area contributed by atoms with Crippen LogP contribution >= 0.6 is 34.8 Å². The summed E-state index contributed by atoms with van der Waals surface area (Å²) in [4.78, 5) is 23.0. The van der Waals surface area contributed by atoms with Crippen molar-refractivity contribution >= 4 is 34.8 Å². The summed E-state index contributed by atoms with van der Waals surface area (Å²) in [6, 6.07) is 0. The van der Waals surface area contributed by atoms with E-state index in [0.29, 0.717) is 15.5 Å². The fraction of sp³-hybridized carbons (Fsp3) is 0.200. The van der Waals surface area contributed by atoms with Crippen LogP contribution in [0, 0.1) is 20.8 Å². The maximum atomic E-state index is 5.47. The molecule has 0 atom stereocenters. The number of aromatic nitrogens is 6. The molecule has 0 radical (unpaired) electrons. The van der Waals surface area contributed by atoms with Crippen molar-refractivity contribution in [1.82, 2.24) is 29.9 Å².